The monoisotopic (exact) mass is 385 g/mol. The molecule has 0 bridgehead atoms. The van der Waals surface area contributed by atoms with Crippen LogP contribution in [0.5, 0.6) is 0 Å². The van der Waals surface area contributed by atoms with Crippen LogP contribution in [-0.4, -0.2) is 5.91 Å². The molecule has 2 aromatic carbocycles. The Morgan fingerprint density at radius 1 is 1.16 bits per heavy atom. The van der Waals surface area contributed by atoms with Crippen molar-refractivity contribution in [2.24, 2.45) is 0 Å². The highest BCUT2D eigenvalue weighted by molar-refractivity contribution is 9.10. The van der Waals surface area contributed by atoms with Crippen LogP contribution in [0.25, 0.3) is 0 Å². The summed E-state index contributed by atoms with van der Waals surface area (Å²) in [5.41, 5.74) is 1.78. The lowest BCUT2D eigenvalue weighted by atomic mass is 10.1. The molecule has 2 rings (SSSR count). The van der Waals surface area contributed by atoms with Crippen LogP contribution in [0.3, 0.4) is 0 Å². The Balaban J connectivity index is 2.24. The lowest BCUT2D eigenvalue weighted by Crippen LogP contribution is -2.12. The standard InChI is InChI=1S/C14H10Br2FNO/c1-8-6-11(16)12(17)7-13(8)18-14(19)9-2-4-10(15)5-3-9/h2-7H,1H3,(H,18,19). The molecule has 0 fully saturated rings. The van der Waals surface area contributed by atoms with Gasteiger partial charge < -0.3 is 5.32 Å². The van der Waals surface area contributed by atoms with Crippen LogP contribution in [-0.2, 0) is 0 Å². The van der Waals surface area contributed by atoms with Crippen LogP contribution in [0.15, 0.2) is 45.3 Å². The number of hydrogen-bond donors (Lipinski definition) is 1. The molecule has 0 aromatic heterocycles. The highest BCUT2D eigenvalue weighted by Crippen LogP contribution is 2.24. The maximum absolute atomic E-state index is 13.5. The first-order valence-corrected chi connectivity index (χ1v) is 7.08. The van der Waals surface area contributed by atoms with Gasteiger partial charge in [0, 0.05) is 15.7 Å². The van der Waals surface area contributed by atoms with Gasteiger partial charge in [-0.2, -0.15) is 0 Å². The third kappa shape index (κ3) is 3.42. The van der Waals surface area contributed by atoms with Crippen molar-refractivity contribution < 1.29 is 9.18 Å². The van der Waals surface area contributed by atoms with Crippen LogP contribution < -0.4 is 5.32 Å². The highest BCUT2D eigenvalue weighted by Gasteiger charge is 2.10. The lowest BCUT2D eigenvalue weighted by molar-refractivity contribution is 0.102. The molecule has 0 unspecified atom stereocenters. The Kier molecular flexibility index (Phi) is 4.37. The Morgan fingerprint density at radius 3 is 2.42 bits per heavy atom. The highest BCUT2D eigenvalue weighted by atomic mass is 79.9. The van der Waals surface area contributed by atoms with Gasteiger partial charge in [-0.05, 0) is 64.8 Å². The largest absolute Gasteiger partial charge is 0.322 e. The van der Waals surface area contributed by atoms with Gasteiger partial charge in [-0.25, -0.2) is 4.39 Å². The van der Waals surface area contributed by atoms with Crippen LogP contribution in [0.1, 0.15) is 15.9 Å². The fourth-order valence-corrected chi connectivity index (χ4v) is 2.30. The second kappa shape index (κ2) is 5.84. The van der Waals surface area contributed by atoms with Gasteiger partial charge in [-0.1, -0.05) is 15.9 Å². The van der Waals surface area contributed by atoms with Crippen LogP contribution in [0.2, 0.25) is 0 Å². The summed E-state index contributed by atoms with van der Waals surface area (Å²) in [5, 5.41) is 2.70. The summed E-state index contributed by atoms with van der Waals surface area (Å²) in [6, 6.07) is 9.89. The number of rotatable bonds is 2. The quantitative estimate of drug-likeness (QED) is 0.780. The molecule has 1 N–H and O–H groups in total. The number of amides is 1. The van der Waals surface area contributed by atoms with E-state index in [1.54, 1.807) is 37.3 Å². The predicted octanol–water partition coefficient (Wildman–Crippen LogP) is 4.91. The van der Waals surface area contributed by atoms with Gasteiger partial charge >= 0.3 is 0 Å². The fraction of sp³-hybridized carbons (Fsp3) is 0.0714. The molecule has 0 atom stereocenters. The number of benzene rings is 2. The van der Waals surface area contributed by atoms with E-state index >= 15 is 0 Å². The molecular formula is C14H10Br2FNO. The molecule has 0 heterocycles. The summed E-state index contributed by atoms with van der Waals surface area (Å²) in [4.78, 5) is 12.0. The van der Waals surface area contributed by atoms with Crippen molar-refractivity contribution in [1.29, 1.82) is 0 Å². The molecule has 0 aliphatic carbocycles. The minimum Gasteiger partial charge on any atom is -0.322 e. The summed E-state index contributed by atoms with van der Waals surface area (Å²) in [7, 11) is 0. The van der Waals surface area contributed by atoms with Gasteiger partial charge in [0.2, 0.25) is 0 Å². The van der Waals surface area contributed by atoms with E-state index in [0.29, 0.717) is 15.7 Å². The molecule has 0 saturated heterocycles. The lowest BCUT2D eigenvalue weighted by Gasteiger charge is -2.09. The number of anilines is 1. The number of nitrogens with one attached hydrogen (secondary N) is 1. The smallest absolute Gasteiger partial charge is 0.255 e. The first-order valence-electron chi connectivity index (χ1n) is 5.50. The van der Waals surface area contributed by atoms with Crippen LogP contribution in [0.4, 0.5) is 10.1 Å². The van der Waals surface area contributed by atoms with E-state index in [2.05, 4.69) is 37.2 Å². The van der Waals surface area contributed by atoms with Crippen LogP contribution >= 0.6 is 31.9 Å². The topological polar surface area (TPSA) is 29.1 Å². The molecule has 0 aliphatic heterocycles. The zero-order valence-corrected chi connectivity index (χ0v) is 13.2. The summed E-state index contributed by atoms with van der Waals surface area (Å²) in [6.45, 7) is 1.81. The van der Waals surface area contributed by atoms with Crippen molar-refractivity contribution in [2.75, 3.05) is 5.32 Å². The average Bonchev–Trinajstić information content (AvgIpc) is 2.36. The molecule has 2 aromatic rings. The summed E-state index contributed by atoms with van der Waals surface area (Å²) < 4.78 is 14.7. The van der Waals surface area contributed by atoms with E-state index in [9.17, 15) is 9.18 Å². The molecule has 98 valence electrons. The van der Waals surface area contributed by atoms with E-state index in [1.807, 2.05) is 0 Å². The third-order valence-electron chi connectivity index (χ3n) is 2.62. The fourth-order valence-electron chi connectivity index (χ4n) is 1.58. The third-order valence-corrected chi connectivity index (χ3v) is 3.76. The zero-order chi connectivity index (χ0) is 14.0. The van der Waals surface area contributed by atoms with Crippen molar-refractivity contribution in [2.45, 2.75) is 6.92 Å². The van der Waals surface area contributed by atoms with E-state index in [1.165, 1.54) is 6.07 Å². The van der Waals surface area contributed by atoms with Crippen molar-refractivity contribution in [3.05, 3.63) is 62.3 Å². The van der Waals surface area contributed by atoms with E-state index in [0.717, 1.165) is 10.0 Å². The van der Waals surface area contributed by atoms with Gasteiger partial charge in [0.05, 0.1) is 4.47 Å². The maximum atomic E-state index is 13.5. The number of hydrogen-bond acceptors (Lipinski definition) is 1. The Hall–Kier alpha value is -1.20. The number of carbonyl (C=O) groups excluding carboxylic acids is 1. The predicted molar refractivity (Wildman–Crippen MR) is 80.9 cm³/mol. The average molecular weight is 387 g/mol. The Morgan fingerprint density at radius 2 is 1.79 bits per heavy atom. The van der Waals surface area contributed by atoms with Gasteiger partial charge in [0.15, 0.2) is 0 Å². The van der Waals surface area contributed by atoms with E-state index in [-0.39, 0.29) is 5.91 Å². The SMILES string of the molecule is Cc1cc(Br)c(F)cc1NC(=O)c1ccc(Br)cc1. The van der Waals surface area contributed by atoms with Crippen molar-refractivity contribution in [1.82, 2.24) is 0 Å². The molecule has 19 heavy (non-hydrogen) atoms. The van der Waals surface area contributed by atoms with Gasteiger partial charge in [-0.3, -0.25) is 4.79 Å². The molecule has 0 spiro atoms. The maximum Gasteiger partial charge on any atom is 0.255 e. The number of halogens is 3. The Labute approximate surface area is 127 Å². The van der Waals surface area contributed by atoms with Gasteiger partial charge in [-0.15, -0.1) is 0 Å². The number of carbonyl (C=O) groups is 1. The first-order chi connectivity index (χ1) is 8.97. The minimum absolute atomic E-state index is 0.266. The van der Waals surface area contributed by atoms with Crippen molar-refractivity contribution in [3.8, 4) is 0 Å². The van der Waals surface area contributed by atoms with Crippen LogP contribution in [0, 0.1) is 12.7 Å². The zero-order valence-electron chi connectivity index (χ0n) is 10.0. The molecule has 0 radical (unpaired) electrons. The molecule has 5 heteroatoms. The Bertz CT molecular complexity index is 626. The minimum atomic E-state index is -0.406. The summed E-state index contributed by atoms with van der Waals surface area (Å²) in [5.74, 6) is -0.672. The van der Waals surface area contributed by atoms with E-state index in [4.69, 9.17) is 0 Å². The number of aryl methyl sites for hydroxylation is 1. The normalized spacial score (nSPS) is 10.3. The molecule has 2 nitrogen and oxygen atoms in total. The molecule has 0 saturated carbocycles. The summed E-state index contributed by atoms with van der Waals surface area (Å²) in [6.07, 6.45) is 0. The van der Waals surface area contributed by atoms with Gasteiger partial charge in [0.1, 0.15) is 5.82 Å². The van der Waals surface area contributed by atoms with Crippen molar-refractivity contribution in [3.63, 3.8) is 0 Å². The molecule has 1 amide bonds. The first kappa shape index (κ1) is 14.2. The second-order valence-corrected chi connectivity index (χ2v) is 5.81. The second-order valence-electron chi connectivity index (χ2n) is 4.04. The van der Waals surface area contributed by atoms with Crippen molar-refractivity contribution >= 4 is 43.5 Å². The molecular weight excluding hydrogens is 377 g/mol. The summed E-state index contributed by atoms with van der Waals surface area (Å²) >= 11 is 6.41. The molecule has 0 aliphatic rings. The van der Waals surface area contributed by atoms with E-state index < -0.39 is 5.82 Å². The van der Waals surface area contributed by atoms with Gasteiger partial charge in [0.25, 0.3) is 5.91 Å².